The molecule has 10 heteroatoms. The number of thiophene rings is 1. The van der Waals surface area contributed by atoms with E-state index in [0.717, 1.165) is 16.7 Å². The van der Waals surface area contributed by atoms with Crippen molar-refractivity contribution >= 4 is 45.1 Å². The molecule has 1 aromatic carbocycles. The van der Waals surface area contributed by atoms with Crippen LogP contribution in [0, 0.1) is 0 Å². The number of benzene rings is 1. The van der Waals surface area contributed by atoms with Crippen molar-refractivity contribution < 1.29 is 28.3 Å². The second-order valence-corrected chi connectivity index (χ2v) is 7.23. The van der Waals surface area contributed by atoms with Crippen molar-refractivity contribution in [3.8, 4) is 11.3 Å². The monoisotopic (exact) mass is 439 g/mol. The molecule has 2 N–H and O–H groups in total. The normalized spacial score (nSPS) is 10.7. The number of fused-ring (bicyclic) bond motifs is 1. The van der Waals surface area contributed by atoms with Gasteiger partial charge >= 0.3 is 11.9 Å². The van der Waals surface area contributed by atoms with Crippen LogP contribution in [0.25, 0.3) is 22.2 Å². The quantitative estimate of drug-likeness (QED) is 0.419. The van der Waals surface area contributed by atoms with Gasteiger partial charge < -0.3 is 19.2 Å². The van der Waals surface area contributed by atoms with E-state index in [2.05, 4.69) is 15.5 Å². The fraction of sp³-hybridized carbons (Fsp3) is 0.143. The van der Waals surface area contributed by atoms with E-state index in [1.165, 1.54) is 6.26 Å². The zero-order valence-electron chi connectivity index (χ0n) is 16.3. The first kappa shape index (κ1) is 20.4. The summed E-state index contributed by atoms with van der Waals surface area (Å²) in [5.74, 6) is -1.36. The van der Waals surface area contributed by atoms with Gasteiger partial charge in [-0.2, -0.15) is 5.10 Å². The first-order chi connectivity index (χ1) is 15.1. The number of nitrogens with zero attached hydrogens (tertiary/aromatic N) is 1. The average molecular weight is 439 g/mol. The molecule has 0 aliphatic heterocycles. The molecule has 0 spiro atoms. The molecule has 3 aromatic heterocycles. The lowest BCUT2D eigenvalue weighted by molar-refractivity contribution is -0.119. The number of aromatic amines is 1. The van der Waals surface area contributed by atoms with Gasteiger partial charge in [0.2, 0.25) is 0 Å². The number of amides is 1. The van der Waals surface area contributed by atoms with Crippen LogP contribution < -0.4 is 5.32 Å². The van der Waals surface area contributed by atoms with E-state index in [-0.39, 0.29) is 22.7 Å². The zero-order valence-corrected chi connectivity index (χ0v) is 17.2. The maximum absolute atomic E-state index is 12.5. The molecule has 0 aliphatic rings. The van der Waals surface area contributed by atoms with Crippen molar-refractivity contribution in [2.24, 2.45) is 0 Å². The van der Waals surface area contributed by atoms with Crippen molar-refractivity contribution in [3.05, 3.63) is 59.3 Å². The summed E-state index contributed by atoms with van der Waals surface area (Å²) < 4.78 is 15.6. The van der Waals surface area contributed by atoms with Gasteiger partial charge in [-0.25, -0.2) is 9.59 Å². The summed E-state index contributed by atoms with van der Waals surface area (Å²) in [6.45, 7) is 1.35. The second-order valence-electron chi connectivity index (χ2n) is 6.35. The molecule has 9 nitrogen and oxygen atoms in total. The summed E-state index contributed by atoms with van der Waals surface area (Å²) in [5.41, 5.74) is 1.66. The minimum atomic E-state index is -0.653. The number of esters is 2. The number of ether oxygens (including phenoxy) is 2. The van der Waals surface area contributed by atoms with Crippen LogP contribution in [0.5, 0.6) is 0 Å². The number of aromatic nitrogens is 2. The lowest BCUT2D eigenvalue weighted by atomic mass is 10.1. The van der Waals surface area contributed by atoms with Crippen LogP contribution in [0.2, 0.25) is 0 Å². The highest BCUT2D eigenvalue weighted by atomic mass is 32.1. The Morgan fingerprint density at radius 2 is 2.06 bits per heavy atom. The summed E-state index contributed by atoms with van der Waals surface area (Å²) in [4.78, 5) is 37.1. The zero-order chi connectivity index (χ0) is 21.8. The van der Waals surface area contributed by atoms with E-state index < -0.39 is 24.5 Å². The number of anilines is 1. The maximum Gasteiger partial charge on any atom is 0.341 e. The van der Waals surface area contributed by atoms with Gasteiger partial charge in [0.1, 0.15) is 16.3 Å². The summed E-state index contributed by atoms with van der Waals surface area (Å²) in [7, 11) is 0. The SMILES string of the molecule is CCOC(=O)c1c(-c2ccco2)csc1NC(=O)COC(=O)c1ccc2cn[nH]c2c1. The van der Waals surface area contributed by atoms with Gasteiger partial charge in [-0.15, -0.1) is 11.3 Å². The Labute approximate surface area is 180 Å². The molecule has 0 atom stereocenters. The molecule has 4 rings (SSSR count). The van der Waals surface area contributed by atoms with E-state index in [1.54, 1.807) is 48.8 Å². The Balaban J connectivity index is 1.45. The van der Waals surface area contributed by atoms with Gasteiger partial charge in [-0.1, -0.05) is 6.07 Å². The highest BCUT2D eigenvalue weighted by molar-refractivity contribution is 7.15. The van der Waals surface area contributed by atoms with E-state index in [1.807, 2.05) is 0 Å². The minimum Gasteiger partial charge on any atom is -0.464 e. The second kappa shape index (κ2) is 8.84. The van der Waals surface area contributed by atoms with Crippen molar-refractivity contribution in [3.63, 3.8) is 0 Å². The molecule has 0 bridgehead atoms. The summed E-state index contributed by atoms with van der Waals surface area (Å²) in [6, 6.07) is 8.31. The third kappa shape index (κ3) is 4.33. The number of rotatable bonds is 7. The molecule has 158 valence electrons. The van der Waals surface area contributed by atoms with Gasteiger partial charge in [-0.05, 0) is 31.2 Å². The number of carbonyl (C=O) groups excluding carboxylic acids is 3. The predicted octanol–water partition coefficient (Wildman–Crippen LogP) is 3.86. The first-order valence-electron chi connectivity index (χ1n) is 9.29. The molecule has 0 unspecified atom stereocenters. The van der Waals surface area contributed by atoms with Crippen LogP contribution >= 0.6 is 11.3 Å². The van der Waals surface area contributed by atoms with E-state index in [0.29, 0.717) is 16.8 Å². The average Bonchev–Trinajstić information content (AvgIpc) is 3.51. The Morgan fingerprint density at radius 3 is 2.84 bits per heavy atom. The van der Waals surface area contributed by atoms with E-state index in [4.69, 9.17) is 13.9 Å². The molecule has 3 heterocycles. The predicted molar refractivity (Wildman–Crippen MR) is 113 cm³/mol. The number of nitrogens with one attached hydrogen (secondary N) is 2. The standard InChI is InChI=1S/C21H17N3O6S/c1-2-28-21(27)18-14(16-4-3-7-29-16)11-31-19(18)23-17(25)10-30-20(26)12-5-6-13-9-22-24-15(13)8-12/h3-9,11H,2,10H2,1H3,(H,22,24)(H,23,25). The molecular formula is C21H17N3O6S. The molecule has 0 saturated heterocycles. The molecule has 0 radical (unpaired) electrons. The molecule has 1 amide bonds. The topological polar surface area (TPSA) is 124 Å². The van der Waals surface area contributed by atoms with Crippen molar-refractivity contribution in [1.82, 2.24) is 10.2 Å². The van der Waals surface area contributed by atoms with Crippen LogP contribution in [-0.2, 0) is 14.3 Å². The fourth-order valence-electron chi connectivity index (χ4n) is 2.91. The van der Waals surface area contributed by atoms with E-state index >= 15 is 0 Å². The van der Waals surface area contributed by atoms with Gasteiger partial charge in [0.05, 0.1) is 30.1 Å². The Bertz CT molecular complexity index is 1240. The number of furan rings is 1. The fourth-order valence-corrected chi connectivity index (χ4v) is 3.86. The third-order valence-corrected chi connectivity index (χ3v) is 5.22. The van der Waals surface area contributed by atoms with Gasteiger partial charge in [0.25, 0.3) is 5.91 Å². The van der Waals surface area contributed by atoms with Crippen LogP contribution in [0.4, 0.5) is 5.00 Å². The smallest absolute Gasteiger partial charge is 0.341 e. The van der Waals surface area contributed by atoms with Crippen molar-refractivity contribution in [2.75, 3.05) is 18.5 Å². The van der Waals surface area contributed by atoms with Gasteiger partial charge in [0, 0.05) is 16.3 Å². The number of carbonyl (C=O) groups is 3. The highest BCUT2D eigenvalue weighted by Crippen LogP contribution is 2.36. The van der Waals surface area contributed by atoms with Gasteiger partial charge in [0.15, 0.2) is 6.61 Å². The summed E-state index contributed by atoms with van der Waals surface area (Å²) in [5, 5.41) is 12.1. The van der Waals surface area contributed by atoms with Crippen molar-refractivity contribution in [1.29, 1.82) is 0 Å². The minimum absolute atomic E-state index is 0.179. The number of hydrogen-bond donors (Lipinski definition) is 2. The number of H-pyrrole nitrogens is 1. The summed E-state index contributed by atoms with van der Waals surface area (Å²) in [6.07, 6.45) is 3.12. The third-order valence-electron chi connectivity index (χ3n) is 4.32. The molecule has 0 aliphatic carbocycles. The molecule has 0 fully saturated rings. The molecule has 0 saturated carbocycles. The lowest BCUT2D eigenvalue weighted by Crippen LogP contribution is -2.21. The highest BCUT2D eigenvalue weighted by Gasteiger charge is 2.24. The van der Waals surface area contributed by atoms with Crippen LogP contribution in [0.3, 0.4) is 0 Å². The maximum atomic E-state index is 12.5. The molecule has 4 aromatic rings. The van der Waals surface area contributed by atoms with Gasteiger partial charge in [-0.3, -0.25) is 9.89 Å². The van der Waals surface area contributed by atoms with Crippen LogP contribution in [0.1, 0.15) is 27.6 Å². The Hall–Kier alpha value is -3.92. The van der Waals surface area contributed by atoms with E-state index in [9.17, 15) is 14.4 Å². The summed E-state index contributed by atoms with van der Waals surface area (Å²) >= 11 is 1.15. The van der Waals surface area contributed by atoms with Crippen molar-refractivity contribution in [2.45, 2.75) is 6.92 Å². The largest absolute Gasteiger partial charge is 0.464 e. The van der Waals surface area contributed by atoms with Crippen LogP contribution in [0.15, 0.2) is 52.6 Å². The molecule has 31 heavy (non-hydrogen) atoms. The first-order valence-corrected chi connectivity index (χ1v) is 10.2. The Kier molecular flexibility index (Phi) is 5.80. The number of hydrogen-bond acceptors (Lipinski definition) is 8. The molecular weight excluding hydrogens is 422 g/mol. The van der Waals surface area contributed by atoms with Crippen LogP contribution in [-0.4, -0.2) is 41.3 Å². The Morgan fingerprint density at radius 1 is 1.19 bits per heavy atom. The lowest BCUT2D eigenvalue weighted by Gasteiger charge is -2.08.